The van der Waals surface area contributed by atoms with Gasteiger partial charge in [-0.25, -0.2) is 4.99 Å². The van der Waals surface area contributed by atoms with Crippen LogP contribution in [-0.4, -0.2) is 12.5 Å². The van der Waals surface area contributed by atoms with Crippen LogP contribution < -0.4 is 15.8 Å². The van der Waals surface area contributed by atoms with Crippen LogP contribution in [0.4, 0.5) is 0 Å². The summed E-state index contributed by atoms with van der Waals surface area (Å²) < 4.78 is 5.81. The van der Waals surface area contributed by atoms with E-state index in [1.165, 1.54) is 0 Å². The van der Waals surface area contributed by atoms with Gasteiger partial charge in [-0.2, -0.15) is 0 Å². The number of ether oxygens (including phenoxy) is 1. The second-order valence-corrected chi connectivity index (χ2v) is 5.91. The van der Waals surface area contributed by atoms with Gasteiger partial charge in [0, 0.05) is 6.54 Å². The topological polar surface area (TPSA) is 59.6 Å². The van der Waals surface area contributed by atoms with E-state index in [1.807, 2.05) is 49.4 Å². The zero-order valence-corrected chi connectivity index (χ0v) is 14.5. The number of aliphatic imine (C=N–C) groups is 1. The molecule has 0 atom stereocenters. The molecule has 0 spiro atoms. The molecule has 3 N–H and O–H groups in total. The van der Waals surface area contributed by atoms with Crippen LogP contribution in [0.2, 0.25) is 5.02 Å². The molecule has 0 aromatic heterocycles. The first-order valence-corrected chi connectivity index (χ1v) is 8.06. The predicted octanol–water partition coefficient (Wildman–Crippen LogP) is 3.90. The Morgan fingerprint density at radius 2 is 1.83 bits per heavy atom. The Bertz CT molecular complexity index is 728. The molecular weight excluding hydrogens is 322 g/mol. The van der Waals surface area contributed by atoms with Gasteiger partial charge in [0.25, 0.3) is 0 Å². The summed E-state index contributed by atoms with van der Waals surface area (Å²) in [5.74, 6) is 1.07. The smallest absolute Gasteiger partial charge is 0.189 e. The van der Waals surface area contributed by atoms with Gasteiger partial charge in [-0.05, 0) is 30.2 Å². The minimum Gasteiger partial charge on any atom is -0.487 e. The predicted molar refractivity (Wildman–Crippen MR) is 100 cm³/mol. The third kappa shape index (κ3) is 5.63. The molecule has 24 heavy (non-hydrogen) atoms. The Labute approximate surface area is 148 Å². The molecule has 0 radical (unpaired) electrons. The van der Waals surface area contributed by atoms with E-state index in [-0.39, 0.29) is 0 Å². The Hall–Kier alpha value is -2.46. The third-order valence-electron chi connectivity index (χ3n) is 3.33. The van der Waals surface area contributed by atoms with Gasteiger partial charge in [0.15, 0.2) is 5.96 Å². The second kappa shape index (κ2) is 8.99. The molecule has 4 nitrogen and oxygen atoms in total. The summed E-state index contributed by atoms with van der Waals surface area (Å²) in [4.78, 5) is 4.36. The first kappa shape index (κ1) is 17.9. The molecule has 2 rings (SSSR count). The van der Waals surface area contributed by atoms with Gasteiger partial charge in [-0.15, -0.1) is 0 Å². The van der Waals surface area contributed by atoms with Crippen molar-refractivity contribution in [2.75, 3.05) is 6.54 Å². The van der Waals surface area contributed by atoms with E-state index in [0.717, 1.165) is 16.7 Å². The number of nitrogens with zero attached hydrogens (tertiary/aromatic N) is 1. The summed E-state index contributed by atoms with van der Waals surface area (Å²) in [7, 11) is 0. The van der Waals surface area contributed by atoms with Crippen molar-refractivity contribution >= 4 is 17.6 Å². The van der Waals surface area contributed by atoms with E-state index in [9.17, 15) is 0 Å². The number of hydrogen-bond acceptors (Lipinski definition) is 2. The molecule has 0 aliphatic rings. The zero-order valence-electron chi connectivity index (χ0n) is 13.8. The average Bonchev–Trinajstić information content (AvgIpc) is 2.58. The number of hydrogen-bond donors (Lipinski definition) is 2. The molecule has 0 bridgehead atoms. The number of halogens is 1. The van der Waals surface area contributed by atoms with Gasteiger partial charge < -0.3 is 15.8 Å². The molecule has 126 valence electrons. The van der Waals surface area contributed by atoms with Gasteiger partial charge >= 0.3 is 0 Å². The van der Waals surface area contributed by atoms with Crippen LogP contribution in [0.1, 0.15) is 18.1 Å². The maximum absolute atomic E-state index is 6.11. The lowest BCUT2D eigenvalue weighted by atomic mass is 10.1. The highest BCUT2D eigenvalue weighted by Gasteiger charge is 2.05. The molecule has 2 aromatic rings. The number of guanidine groups is 1. The summed E-state index contributed by atoms with van der Waals surface area (Å²) in [6.45, 7) is 7.28. The second-order valence-electron chi connectivity index (χ2n) is 5.50. The Kier molecular flexibility index (Phi) is 6.70. The van der Waals surface area contributed by atoms with E-state index in [2.05, 4.69) is 16.9 Å². The Morgan fingerprint density at radius 3 is 2.54 bits per heavy atom. The van der Waals surface area contributed by atoms with E-state index < -0.39 is 0 Å². The van der Waals surface area contributed by atoms with E-state index in [0.29, 0.717) is 36.4 Å². The van der Waals surface area contributed by atoms with Crippen molar-refractivity contribution in [1.82, 2.24) is 5.32 Å². The normalized spacial score (nSPS) is 11.2. The van der Waals surface area contributed by atoms with E-state index in [4.69, 9.17) is 22.1 Å². The molecule has 0 saturated heterocycles. The average molecular weight is 344 g/mol. The van der Waals surface area contributed by atoms with Crippen LogP contribution in [-0.2, 0) is 13.2 Å². The summed E-state index contributed by atoms with van der Waals surface area (Å²) in [6, 6.07) is 15.4. The van der Waals surface area contributed by atoms with Gasteiger partial charge in [0.05, 0.1) is 11.6 Å². The zero-order chi connectivity index (χ0) is 17.4. The molecule has 5 heteroatoms. The minimum absolute atomic E-state index is 0.403. The SMILES string of the molecule is C=C(C)CNC(N)=NCc1ccccc1COc1ccccc1Cl. The fraction of sp³-hybridized carbons (Fsp3) is 0.211. The fourth-order valence-corrected chi connectivity index (χ4v) is 2.23. The number of nitrogens with one attached hydrogen (secondary N) is 1. The first-order chi connectivity index (χ1) is 11.6. The molecule has 2 aromatic carbocycles. The van der Waals surface area contributed by atoms with Gasteiger partial charge in [0.1, 0.15) is 12.4 Å². The quantitative estimate of drug-likeness (QED) is 0.455. The molecule has 0 fully saturated rings. The maximum atomic E-state index is 6.11. The Balaban J connectivity index is 2.01. The molecular formula is C19H22ClN3O. The van der Waals surface area contributed by atoms with Crippen LogP contribution in [0.5, 0.6) is 5.75 Å². The van der Waals surface area contributed by atoms with Crippen molar-refractivity contribution in [3.63, 3.8) is 0 Å². The van der Waals surface area contributed by atoms with Gasteiger partial charge in [-0.3, -0.25) is 0 Å². The standard InChI is InChI=1S/C19H22ClN3O/c1-14(2)11-22-19(21)23-12-15-7-3-4-8-16(15)13-24-18-10-6-5-9-17(18)20/h3-10H,1,11-13H2,2H3,(H3,21,22,23). The van der Waals surface area contributed by atoms with E-state index >= 15 is 0 Å². The first-order valence-electron chi connectivity index (χ1n) is 7.68. The largest absolute Gasteiger partial charge is 0.487 e. The molecule has 0 unspecified atom stereocenters. The van der Waals surface area contributed by atoms with Crippen LogP contribution in [0.3, 0.4) is 0 Å². The van der Waals surface area contributed by atoms with Crippen molar-refractivity contribution in [3.05, 3.63) is 76.8 Å². The van der Waals surface area contributed by atoms with Crippen LogP contribution >= 0.6 is 11.6 Å². The Morgan fingerprint density at radius 1 is 1.17 bits per heavy atom. The van der Waals surface area contributed by atoms with Crippen molar-refractivity contribution in [2.45, 2.75) is 20.1 Å². The highest BCUT2D eigenvalue weighted by molar-refractivity contribution is 6.32. The van der Waals surface area contributed by atoms with Gasteiger partial charge in [0.2, 0.25) is 0 Å². The summed E-state index contributed by atoms with van der Waals surface area (Å²) in [5.41, 5.74) is 8.97. The lowest BCUT2D eigenvalue weighted by Crippen LogP contribution is -2.32. The highest BCUT2D eigenvalue weighted by atomic mass is 35.5. The number of nitrogens with two attached hydrogens (primary N) is 1. The lowest BCUT2D eigenvalue weighted by Gasteiger charge is -2.11. The number of rotatable bonds is 7. The lowest BCUT2D eigenvalue weighted by molar-refractivity contribution is 0.305. The third-order valence-corrected chi connectivity index (χ3v) is 3.64. The minimum atomic E-state index is 0.403. The van der Waals surface area contributed by atoms with Crippen molar-refractivity contribution in [3.8, 4) is 5.75 Å². The summed E-state index contributed by atoms with van der Waals surface area (Å²) >= 11 is 6.11. The van der Waals surface area contributed by atoms with Crippen LogP contribution in [0.15, 0.2) is 65.7 Å². The van der Waals surface area contributed by atoms with E-state index in [1.54, 1.807) is 6.07 Å². The van der Waals surface area contributed by atoms with Crippen LogP contribution in [0, 0.1) is 0 Å². The van der Waals surface area contributed by atoms with Crippen LogP contribution in [0.25, 0.3) is 0 Å². The number of para-hydroxylation sites is 1. The number of benzene rings is 2. The molecule has 0 aliphatic heterocycles. The monoisotopic (exact) mass is 343 g/mol. The van der Waals surface area contributed by atoms with Crippen molar-refractivity contribution in [2.24, 2.45) is 10.7 Å². The molecule has 0 saturated carbocycles. The summed E-state index contributed by atoms with van der Waals surface area (Å²) in [5, 5.41) is 3.61. The highest BCUT2D eigenvalue weighted by Crippen LogP contribution is 2.24. The molecule has 0 amide bonds. The fourth-order valence-electron chi connectivity index (χ4n) is 2.04. The molecule has 0 heterocycles. The maximum Gasteiger partial charge on any atom is 0.189 e. The molecule has 0 aliphatic carbocycles. The van der Waals surface area contributed by atoms with Crippen molar-refractivity contribution < 1.29 is 4.74 Å². The summed E-state index contributed by atoms with van der Waals surface area (Å²) in [6.07, 6.45) is 0. The van der Waals surface area contributed by atoms with Crippen molar-refractivity contribution in [1.29, 1.82) is 0 Å². The van der Waals surface area contributed by atoms with Gasteiger partial charge in [-0.1, -0.05) is 60.2 Å².